The van der Waals surface area contributed by atoms with Gasteiger partial charge in [0, 0.05) is 11.0 Å². The third-order valence-electron chi connectivity index (χ3n) is 4.89. The van der Waals surface area contributed by atoms with Gasteiger partial charge in [-0.15, -0.1) is 0 Å². The highest BCUT2D eigenvalue weighted by atomic mass is 16.5. The third-order valence-corrected chi connectivity index (χ3v) is 4.89. The lowest BCUT2D eigenvalue weighted by Crippen LogP contribution is -2.17. The predicted molar refractivity (Wildman–Crippen MR) is 91.1 cm³/mol. The van der Waals surface area contributed by atoms with Gasteiger partial charge in [0.1, 0.15) is 5.76 Å². The Balaban J connectivity index is 0.000000374. The number of aryl methyl sites for hydroxylation is 1. The molecule has 116 valence electrons. The van der Waals surface area contributed by atoms with Crippen LogP contribution in [0.2, 0.25) is 0 Å². The van der Waals surface area contributed by atoms with E-state index < -0.39 is 0 Å². The molecule has 0 amide bonds. The molecular formula is C20H30O. The van der Waals surface area contributed by atoms with E-state index in [1.54, 1.807) is 5.57 Å². The van der Waals surface area contributed by atoms with E-state index in [0.717, 1.165) is 12.5 Å². The first-order chi connectivity index (χ1) is 10.3. The number of rotatable bonds is 1. The zero-order valence-electron chi connectivity index (χ0n) is 14.3. The number of hydrogen-bond donors (Lipinski definition) is 0. The number of benzene rings is 1. The van der Waals surface area contributed by atoms with Crippen LogP contribution in [0.1, 0.15) is 64.5 Å². The standard InChI is InChI=1S/C16H18O.2C2H6/c1-11-3-2-4-13(7-11)15-14-8-12-5-6-16(14,9-12)10-17-15;2*1-2/h2-4,7,12H,5-6,8-10H2,1H3;2*1-2H3. The fraction of sp³-hybridized carbons (Fsp3) is 0.600. The van der Waals surface area contributed by atoms with Crippen molar-refractivity contribution in [2.45, 2.75) is 60.3 Å². The second-order valence-corrected chi connectivity index (χ2v) is 6.06. The molecule has 3 aliphatic rings. The second kappa shape index (κ2) is 6.68. The van der Waals surface area contributed by atoms with Crippen LogP contribution in [0.5, 0.6) is 0 Å². The molecular weight excluding hydrogens is 256 g/mol. The fourth-order valence-electron chi connectivity index (χ4n) is 4.08. The van der Waals surface area contributed by atoms with Gasteiger partial charge in [-0.05, 0) is 50.2 Å². The molecule has 2 aliphatic carbocycles. The summed E-state index contributed by atoms with van der Waals surface area (Å²) in [7, 11) is 0. The summed E-state index contributed by atoms with van der Waals surface area (Å²) in [4.78, 5) is 0. The van der Waals surface area contributed by atoms with E-state index in [9.17, 15) is 0 Å². The Morgan fingerprint density at radius 2 is 1.90 bits per heavy atom. The zero-order chi connectivity index (χ0) is 15.5. The molecule has 0 aromatic heterocycles. The molecule has 2 unspecified atom stereocenters. The number of ether oxygens (including phenoxy) is 1. The molecule has 4 rings (SSSR count). The van der Waals surface area contributed by atoms with Crippen LogP contribution >= 0.6 is 0 Å². The van der Waals surface area contributed by atoms with Crippen LogP contribution in [0, 0.1) is 18.3 Å². The monoisotopic (exact) mass is 286 g/mol. The predicted octanol–water partition coefficient (Wildman–Crippen LogP) is 5.98. The average Bonchev–Trinajstić information content (AvgIpc) is 3.20. The lowest BCUT2D eigenvalue weighted by Gasteiger charge is -2.21. The van der Waals surface area contributed by atoms with Gasteiger partial charge in [0.05, 0.1) is 6.61 Å². The first kappa shape index (κ1) is 16.1. The Kier molecular flexibility index (Phi) is 5.13. The molecule has 0 radical (unpaired) electrons. The first-order valence-corrected chi connectivity index (χ1v) is 8.70. The van der Waals surface area contributed by atoms with Crippen molar-refractivity contribution >= 4 is 5.76 Å². The van der Waals surface area contributed by atoms with Gasteiger partial charge in [-0.2, -0.15) is 0 Å². The average molecular weight is 286 g/mol. The van der Waals surface area contributed by atoms with Crippen LogP contribution in [0.3, 0.4) is 0 Å². The maximum absolute atomic E-state index is 6.06. The van der Waals surface area contributed by atoms with Gasteiger partial charge >= 0.3 is 0 Å². The van der Waals surface area contributed by atoms with Gasteiger partial charge in [0.2, 0.25) is 0 Å². The quantitative estimate of drug-likeness (QED) is 0.617. The van der Waals surface area contributed by atoms with Gasteiger partial charge in [-0.25, -0.2) is 0 Å². The molecule has 1 heteroatoms. The third kappa shape index (κ3) is 2.75. The molecule has 2 bridgehead atoms. The summed E-state index contributed by atoms with van der Waals surface area (Å²) in [5, 5.41) is 0. The molecule has 0 N–H and O–H groups in total. The van der Waals surface area contributed by atoms with E-state index in [2.05, 4.69) is 31.2 Å². The van der Waals surface area contributed by atoms with Crippen molar-refractivity contribution in [3.63, 3.8) is 0 Å². The van der Waals surface area contributed by atoms with Gasteiger partial charge in [0.25, 0.3) is 0 Å². The summed E-state index contributed by atoms with van der Waals surface area (Å²) >= 11 is 0. The summed E-state index contributed by atoms with van der Waals surface area (Å²) in [5.74, 6) is 2.17. The lowest BCUT2D eigenvalue weighted by atomic mass is 9.81. The fourth-order valence-corrected chi connectivity index (χ4v) is 4.08. The Labute approximate surface area is 130 Å². The van der Waals surface area contributed by atoms with Crippen LogP contribution in [-0.2, 0) is 4.74 Å². The van der Waals surface area contributed by atoms with Crippen molar-refractivity contribution in [3.05, 3.63) is 41.0 Å². The Bertz CT molecular complexity index is 514. The molecule has 1 aliphatic heterocycles. The highest BCUT2D eigenvalue weighted by Crippen LogP contribution is 2.62. The van der Waals surface area contributed by atoms with Crippen LogP contribution in [0.15, 0.2) is 29.8 Å². The molecule has 1 spiro atoms. The lowest BCUT2D eigenvalue weighted by molar-refractivity contribution is 0.203. The summed E-state index contributed by atoms with van der Waals surface area (Å²) in [5.41, 5.74) is 4.70. The molecule has 1 aromatic carbocycles. The van der Waals surface area contributed by atoms with E-state index in [-0.39, 0.29) is 0 Å². The highest BCUT2D eigenvalue weighted by Gasteiger charge is 2.53. The molecule has 2 atom stereocenters. The van der Waals surface area contributed by atoms with E-state index >= 15 is 0 Å². The topological polar surface area (TPSA) is 9.23 Å². The highest BCUT2D eigenvalue weighted by molar-refractivity contribution is 5.68. The Hall–Kier alpha value is -1.24. The summed E-state index contributed by atoms with van der Waals surface area (Å²) in [6.45, 7) is 11.1. The van der Waals surface area contributed by atoms with E-state index in [1.165, 1.54) is 42.6 Å². The van der Waals surface area contributed by atoms with Crippen LogP contribution in [0.4, 0.5) is 0 Å². The van der Waals surface area contributed by atoms with Crippen molar-refractivity contribution < 1.29 is 4.74 Å². The number of fused-ring (bicyclic) bond motifs is 1. The normalized spacial score (nSPS) is 28.1. The largest absolute Gasteiger partial charge is 0.492 e. The minimum atomic E-state index is 0.448. The van der Waals surface area contributed by atoms with Crippen molar-refractivity contribution in [3.8, 4) is 0 Å². The number of hydrogen-bond acceptors (Lipinski definition) is 1. The van der Waals surface area contributed by atoms with Crippen LogP contribution < -0.4 is 0 Å². The molecule has 0 saturated heterocycles. The van der Waals surface area contributed by atoms with Crippen LogP contribution in [-0.4, -0.2) is 6.61 Å². The zero-order valence-corrected chi connectivity index (χ0v) is 14.3. The van der Waals surface area contributed by atoms with Gasteiger partial charge in [-0.3, -0.25) is 0 Å². The van der Waals surface area contributed by atoms with E-state index in [0.29, 0.717) is 5.41 Å². The van der Waals surface area contributed by atoms with Gasteiger partial charge < -0.3 is 4.74 Å². The molecule has 1 nitrogen and oxygen atoms in total. The van der Waals surface area contributed by atoms with Crippen molar-refractivity contribution in [1.82, 2.24) is 0 Å². The molecule has 2 saturated carbocycles. The van der Waals surface area contributed by atoms with Crippen molar-refractivity contribution in [1.29, 1.82) is 0 Å². The maximum Gasteiger partial charge on any atom is 0.126 e. The summed E-state index contributed by atoms with van der Waals surface area (Å²) in [6, 6.07) is 8.74. The van der Waals surface area contributed by atoms with E-state index in [4.69, 9.17) is 4.74 Å². The van der Waals surface area contributed by atoms with Gasteiger partial charge in [0.15, 0.2) is 0 Å². The van der Waals surface area contributed by atoms with Crippen molar-refractivity contribution in [2.24, 2.45) is 11.3 Å². The molecule has 1 aromatic rings. The van der Waals surface area contributed by atoms with E-state index in [1.807, 2.05) is 27.7 Å². The second-order valence-electron chi connectivity index (χ2n) is 6.06. The Morgan fingerprint density at radius 3 is 2.57 bits per heavy atom. The molecule has 2 fully saturated rings. The minimum absolute atomic E-state index is 0.448. The van der Waals surface area contributed by atoms with Gasteiger partial charge in [-0.1, -0.05) is 51.5 Å². The molecule has 21 heavy (non-hydrogen) atoms. The first-order valence-electron chi connectivity index (χ1n) is 8.70. The maximum atomic E-state index is 6.06. The molecule has 1 heterocycles. The van der Waals surface area contributed by atoms with Crippen LogP contribution in [0.25, 0.3) is 5.76 Å². The summed E-state index contributed by atoms with van der Waals surface area (Å²) in [6.07, 6.45) is 5.47. The summed E-state index contributed by atoms with van der Waals surface area (Å²) < 4.78 is 6.06. The van der Waals surface area contributed by atoms with Crippen molar-refractivity contribution in [2.75, 3.05) is 6.61 Å². The SMILES string of the molecule is CC.CC.Cc1cccc(C2=C3CC4CCC3(CO2)C4)c1. The Morgan fingerprint density at radius 1 is 1.14 bits per heavy atom. The smallest absolute Gasteiger partial charge is 0.126 e. The minimum Gasteiger partial charge on any atom is -0.492 e.